The van der Waals surface area contributed by atoms with Crippen LogP contribution in [0.25, 0.3) is 0 Å². The molecule has 4 saturated heterocycles. The van der Waals surface area contributed by atoms with E-state index in [0.717, 1.165) is 38.8 Å². The molecule has 2 N–H and O–H groups in total. The van der Waals surface area contributed by atoms with Crippen molar-refractivity contribution in [3.8, 4) is 0 Å². The number of aromatic nitrogens is 1. The van der Waals surface area contributed by atoms with Gasteiger partial charge in [-0.1, -0.05) is 5.16 Å². The lowest BCUT2D eigenvalue weighted by atomic mass is 9.94. The first-order valence-corrected chi connectivity index (χ1v) is 13.7. The minimum Gasteiger partial charge on any atom is -0.380 e. The Morgan fingerprint density at radius 2 is 1.94 bits per heavy atom. The summed E-state index contributed by atoms with van der Waals surface area (Å²) in [5, 5.41) is 10.4. The number of ether oxygens (including phenoxy) is 1. The number of hydrogen-bond acceptors (Lipinski definition) is 7. The van der Waals surface area contributed by atoms with Crippen molar-refractivity contribution in [3.63, 3.8) is 0 Å². The van der Waals surface area contributed by atoms with Gasteiger partial charge in [-0.15, -0.1) is 0 Å². The standard InChI is InChI=1S/C22H32N4O5S/c27-22(20-7-21(31-25-20)15-10-30-11-15)24-16-5-17-3-4-18(6-16)26(17)32(28,29)12-14-2-1-13-8-23-9-19(13)14/h7,13-19,23H,1-6,8-12H2,(H,24,27)/t13-,14+,16?,17-,18+,19-/m0/s1. The number of rotatable bonds is 6. The molecule has 0 spiro atoms. The molecule has 1 aromatic rings. The number of fused-ring (bicyclic) bond motifs is 3. The molecule has 6 atom stereocenters. The van der Waals surface area contributed by atoms with Crippen LogP contribution in [-0.4, -0.2) is 74.0 Å². The third kappa shape index (κ3) is 3.69. The van der Waals surface area contributed by atoms with Crippen LogP contribution < -0.4 is 10.6 Å². The second-order valence-corrected chi connectivity index (χ2v) is 12.3. The van der Waals surface area contributed by atoms with Crippen LogP contribution in [0.3, 0.4) is 0 Å². The number of amides is 1. The molecule has 1 aliphatic carbocycles. The molecule has 0 aromatic carbocycles. The van der Waals surface area contributed by atoms with Crippen molar-refractivity contribution in [1.29, 1.82) is 0 Å². The molecule has 6 rings (SSSR count). The highest BCUT2D eigenvalue weighted by Crippen LogP contribution is 2.43. The zero-order chi connectivity index (χ0) is 21.9. The number of nitrogens with zero attached hydrogens (tertiary/aromatic N) is 2. The second-order valence-electron chi connectivity index (χ2n) is 10.4. The molecule has 5 heterocycles. The average Bonchev–Trinajstić information content (AvgIpc) is 3.46. The van der Waals surface area contributed by atoms with Gasteiger partial charge in [-0.05, 0) is 69.4 Å². The summed E-state index contributed by atoms with van der Waals surface area (Å²) < 4.78 is 39.1. The first kappa shape index (κ1) is 21.1. The van der Waals surface area contributed by atoms with E-state index in [-0.39, 0.29) is 47.3 Å². The molecule has 1 aromatic heterocycles. The van der Waals surface area contributed by atoms with Gasteiger partial charge in [0.25, 0.3) is 5.91 Å². The zero-order valence-electron chi connectivity index (χ0n) is 18.2. The van der Waals surface area contributed by atoms with Crippen molar-refractivity contribution in [1.82, 2.24) is 20.1 Å². The first-order chi connectivity index (χ1) is 15.5. The van der Waals surface area contributed by atoms with Crippen molar-refractivity contribution in [3.05, 3.63) is 17.5 Å². The van der Waals surface area contributed by atoms with Crippen LogP contribution in [-0.2, 0) is 14.8 Å². The fourth-order valence-corrected chi connectivity index (χ4v) is 9.20. The molecule has 1 unspecified atom stereocenters. The quantitative estimate of drug-likeness (QED) is 0.648. The lowest BCUT2D eigenvalue weighted by molar-refractivity contribution is -0.00228. The van der Waals surface area contributed by atoms with Gasteiger partial charge in [0.2, 0.25) is 10.0 Å². The maximum Gasteiger partial charge on any atom is 0.273 e. The monoisotopic (exact) mass is 464 g/mol. The van der Waals surface area contributed by atoms with E-state index in [1.54, 1.807) is 6.07 Å². The van der Waals surface area contributed by atoms with Gasteiger partial charge in [0.15, 0.2) is 5.69 Å². The Balaban J connectivity index is 1.08. The first-order valence-electron chi connectivity index (χ1n) is 12.0. The molecule has 32 heavy (non-hydrogen) atoms. The Bertz CT molecular complexity index is 963. The summed E-state index contributed by atoms with van der Waals surface area (Å²) in [6.07, 6.45) is 5.28. The van der Waals surface area contributed by atoms with Crippen molar-refractivity contribution in [2.75, 3.05) is 32.1 Å². The maximum atomic E-state index is 13.4. The predicted octanol–water partition coefficient (Wildman–Crippen LogP) is 1.09. The van der Waals surface area contributed by atoms with Gasteiger partial charge >= 0.3 is 0 Å². The van der Waals surface area contributed by atoms with Gasteiger partial charge in [-0.3, -0.25) is 4.79 Å². The van der Waals surface area contributed by atoms with Gasteiger partial charge in [0.1, 0.15) is 5.76 Å². The lowest BCUT2D eigenvalue weighted by Gasteiger charge is -2.38. The van der Waals surface area contributed by atoms with Gasteiger partial charge in [0.05, 0.1) is 24.9 Å². The Morgan fingerprint density at radius 3 is 2.66 bits per heavy atom. The van der Waals surface area contributed by atoms with E-state index in [2.05, 4.69) is 15.8 Å². The second kappa shape index (κ2) is 8.07. The normalized spacial score (nSPS) is 37.4. The van der Waals surface area contributed by atoms with Crippen LogP contribution in [0.1, 0.15) is 60.7 Å². The van der Waals surface area contributed by atoms with E-state index in [1.807, 2.05) is 4.31 Å². The summed E-state index contributed by atoms with van der Waals surface area (Å²) in [7, 11) is -3.29. The number of nitrogens with one attached hydrogen (secondary N) is 2. The lowest BCUT2D eigenvalue weighted by Crippen LogP contribution is -2.53. The average molecular weight is 465 g/mol. The van der Waals surface area contributed by atoms with Crippen LogP contribution >= 0.6 is 0 Å². The number of carbonyl (C=O) groups excluding carboxylic acids is 1. The molecule has 10 heteroatoms. The summed E-state index contributed by atoms with van der Waals surface area (Å²) in [6, 6.07) is 1.64. The van der Waals surface area contributed by atoms with Gasteiger partial charge < -0.3 is 19.9 Å². The highest BCUT2D eigenvalue weighted by Gasteiger charge is 2.49. The smallest absolute Gasteiger partial charge is 0.273 e. The van der Waals surface area contributed by atoms with Crippen molar-refractivity contribution in [2.45, 2.75) is 62.6 Å². The fraction of sp³-hybridized carbons (Fsp3) is 0.818. The zero-order valence-corrected chi connectivity index (χ0v) is 19.1. The molecule has 9 nitrogen and oxygen atoms in total. The summed E-state index contributed by atoms with van der Waals surface area (Å²) in [6.45, 7) is 3.21. The molecular formula is C22H32N4O5S. The SMILES string of the molecule is O=C(NC1C[C@H]2CC[C@@H](C1)N2S(=O)(=O)C[C@H]1CC[C@H]2CNC[C@H]12)c1cc(C2COC2)on1. The van der Waals surface area contributed by atoms with E-state index < -0.39 is 10.0 Å². The van der Waals surface area contributed by atoms with Crippen LogP contribution in [0.15, 0.2) is 10.6 Å². The topological polar surface area (TPSA) is 114 Å². The Hall–Kier alpha value is -1.49. The van der Waals surface area contributed by atoms with Crippen LogP contribution in [0, 0.1) is 17.8 Å². The van der Waals surface area contributed by atoms with E-state index in [9.17, 15) is 13.2 Å². The Morgan fingerprint density at radius 1 is 1.16 bits per heavy atom. The molecule has 1 saturated carbocycles. The molecule has 0 radical (unpaired) electrons. The highest BCUT2D eigenvalue weighted by molar-refractivity contribution is 7.89. The molecule has 2 bridgehead atoms. The van der Waals surface area contributed by atoms with E-state index >= 15 is 0 Å². The molecule has 5 aliphatic rings. The number of carbonyl (C=O) groups is 1. The summed E-state index contributed by atoms with van der Waals surface area (Å²) >= 11 is 0. The van der Waals surface area contributed by atoms with E-state index in [0.29, 0.717) is 43.7 Å². The van der Waals surface area contributed by atoms with Crippen LogP contribution in [0.4, 0.5) is 0 Å². The highest BCUT2D eigenvalue weighted by atomic mass is 32.2. The molecular weight excluding hydrogens is 432 g/mol. The van der Waals surface area contributed by atoms with E-state index in [1.165, 1.54) is 0 Å². The molecule has 176 valence electrons. The maximum absolute atomic E-state index is 13.4. The molecule has 1 amide bonds. The Labute approximate surface area is 188 Å². The number of sulfonamides is 1. The fourth-order valence-electron chi connectivity index (χ4n) is 6.78. The van der Waals surface area contributed by atoms with Crippen molar-refractivity contribution < 1.29 is 22.5 Å². The van der Waals surface area contributed by atoms with Gasteiger partial charge in [-0.2, -0.15) is 4.31 Å². The van der Waals surface area contributed by atoms with Crippen LogP contribution in [0.5, 0.6) is 0 Å². The minimum absolute atomic E-state index is 0.0112. The Kier molecular flexibility index (Phi) is 5.32. The van der Waals surface area contributed by atoms with E-state index in [4.69, 9.17) is 9.26 Å². The number of piperidine rings is 1. The third-order valence-corrected chi connectivity index (χ3v) is 10.5. The van der Waals surface area contributed by atoms with Crippen LogP contribution in [0.2, 0.25) is 0 Å². The van der Waals surface area contributed by atoms with Gasteiger partial charge in [0, 0.05) is 24.2 Å². The van der Waals surface area contributed by atoms with Gasteiger partial charge in [-0.25, -0.2) is 8.42 Å². The largest absolute Gasteiger partial charge is 0.380 e. The minimum atomic E-state index is -3.29. The molecule has 5 fully saturated rings. The summed E-state index contributed by atoms with van der Waals surface area (Å²) in [5.41, 5.74) is 0.287. The predicted molar refractivity (Wildman–Crippen MR) is 116 cm³/mol. The number of hydrogen-bond donors (Lipinski definition) is 2. The van der Waals surface area contributed by atoms with Crippen molar-refractivity contribution >= 4 is 15.9 Å². The molecule has 4 aliphatic heterocycles. The third-order valence-electron chi connectivity index (χ3n) is 8.45. The summed E-state index contributed by atoms with van der Waals surface area (Å²) in [5.74, 6) is 2.36. The summed E-state index contributed by atoms with van der Waals surface area (Å²) in [4.78, 5) is 12.7. The van der Waals surface area contributed by atoms with Crippen molar-refractivity contribution in [2.24, 2.45) is 17.8 Å².